The lowest BCUT2D eigenvalue weighted by Crippen LogP contribution is -2.47. The van der Waals surface area contributed by atoms with Crippen LogP contribution in [0.1, 0.15) is 11.6 Å². The summed E-state index contributed by atoms with van der Waals surface area (Å²) in [6, 6.07) is 9.59. The third-order valence-corrected chi connectivity index (χ3v) is 2.33. The molecule has 1 aromatic rings. The largest absolute Gasteiger partial charge is 0.353 e. The molecule has 0 spiro atoms. The lowest BCUT2D eigenvalue weighted by atomic mass is 10.1. The lowest BCUT2D eigenvalue weighted by molar-refractivity contribution is -0.124. The van der Waals surface area contributed by atoms with Gasteiger partial charge in [0, 0.05) is 26.2 Å². The molecule has 5 heteroatoms. The van der Waals surface area contributed by atoms with E-state index in [-0.39, 0.29) is 11.9 Å². The molecule has 1 fully saturated rings. The smallest absolute Gasteiger partial charge is 0.241 e. The molecule has 1 saturated heterocycles. The Morgan fingerprint density at radius 3 is 2.29 bits per heavy atom. The van der Waals surface area contributed by atoms with Crippen LogP contribution >= 0.6 is 0 Å². The molecule has 94 valence electrons. The topological polar surface area (TPSA) is 93.2 Å². The Morgan fingerprint density at radius 1 is 1.12 bits per heavy atom. The molecule has 1 aliphatic rings. The number of benzene rings is 1. The predicted octanol–water partition coefficient (Wildman–Crippen LogP) is -0.649. The normalized spacial score (nSPS) is 18.9. The van der Waals surface area contributed by atoms with Crippen LogP contribution in [0.4, 0.5) is 0 Å². The number of amides is 1. The number of hydrogen-bond donors (Lipinski definition) is 4. The number of nitrogens with one attached hydrogen (secondary N) is 2. The van der Waals surface area contributed by atoms with Gasteiger partial charge >= 0.3 is 0 Å². The maximum Gasteiger partial charge on any atom is 0.241 e. The Hall–Kier alpha value is -1.43. The first-order valence-corrected chi connectivity index (χ1v) is 5.75. The number of nitrogens with two attached hydrogens (primary N) is 2. The van der Waals surface area contributed by atoms with Crippen molar-refractivity contribution in [2.24, 2.45) is 11.5 Å². The summed E-state index contributed by atoms with van der Waals surface area (Å²) >= 11 is 0. The first-order valence-electron chi connectivity index (χ1n) is 5.75. The molecular weight excluding hydrogens is 216 g/mol. The highest BCUT2D eigenvalue weighted by molar-refractivity contribution is 5.83. The second-order valence-electron chi connectivity index (χ2n) is 3.67. The van der Waals surface area contributed by atoms with E-state index in [2.05, 4.69) is 10.6 Å². The molecule has 0 radical (unpaired) electrons. The van der Waals surface area contributed by atoms with Crippen molar-refractivity contribution in [1.82, 2.24) is 10.6 Å². The molecule has 1 heterocycles. The fourth-order valence-electron chi connectivity index (χ4n) is 1.51. The van der Waals surface area contributed by atoms with Crippen molar-refractivity contribution < 1.29 is 4.79 Å². The van der Waals surface area contributed by atoms with E-state index in [4.69, 9.17) is 11.5 Å². The van der Waals surface area contributed by atoms with Gasteiger partial charge in [0.25, 0.3) is 0 Å². The fraction of sp³-hybridized carbons (Fsp3) is 0.417. The van der Waals surface area contributed by atoms with Crippen LogP contribution in [0, 0.1) is 0 Å². The molecule has 0 aromatic heterocycles. The van der Waals surface area contributed by atoms with Gasteiger partial charge in [-0.1, -0.05) is 30.3 Å². The van der Waals surface area contributed by atoms with Crippen LogP contribution in [0.5, 0.6) is 0 Å². The monoisotopic (exact) mass is 236 g/mol. The molecule has 1 aliphatic heterocycles. The molecule has 1 atom stereocenters. The van der Waals surface area contributed by atoms with Gasteiger partial charge in [0.2, 0.25) is 5.91 Å². The summed E-state index contributed by atoms with van der Waals surface area (Å²) in [4.78, 5) is 11.4. The molecule has 6 N–H and O–H groups in total. The number of carbonyl (C=O) groups excluding carboxylic acids is 1. The van der Waals surface area contributed by atoms with Crippen molar-refractivity contribution in [2.45, 2.75) is 6.04 Å². The summed E-state index contributed by atoms with van der Waals surface area (Å²) in [6.45, 7) is 2.76. The highest BCUT2D eigenvalue weighted by atomic mass is 16.2. The Bertz CT molecular complexity index is 327. The van der Waals surface area contributed by atoms with E-state index in [1.165, 1.54) is 0 Å². The van der Waals surface area contributed by atoms with Crippen molar-refractivity contribution in [3.8, 4) is 0 Å². The van der Waals surface area contributed by atoms with E-state index in [0.29, 0.717) is 13.1 Å². The molecule has 1 unspecified atom stereocenters. The highest BCUT2D eigenvalue weighted by Gasteiger charge is 2.22. The zero-order valence-electron chi connectivity index (χ0n) is 9.86. The first kappa shape index (κ1) is 13.6. The molecule has 2 rings (SSSR count). The van der Waals surface area contributed by atoms with E-state index in [0.717, 1.165) is 18.7 Å². The van der Waals surface area contributed by atoms with E-state index in [9.17, 15) is 4.79 Å². The van der Waals surface area contributed by atoms with Gasteiger partial charge in [0.1, 0.15) is 6.04 Å². The second-order valence-corrected chi connectivity index (χ2v) is 3.67. The third kappa shape index (κ3) is 4.52. The van der Waals surface area contributed by atoms with Gasteiger partial charge in [0.05, 0.1) is 0 Å². The molecule has 0 saturated carbocycles. The summed E-state index contributed by atoms with van der Waals surface area (Å²) in [7, 11) is 0. The molecule has 1 aromatic carbocycles. The van der Waals surface area contributed by atoms with Crippen molar-refractivity contribution in [2.75, 3.05) is 26.2 Å². The fourth-order valence-corrected chi connectivity index (χ4v) is 1.51. The van der Waals surface area contributed by atoms with Gasteiger partial charge in [-0.2, -0.15) is 0 Å². The lowest BCUT2D eigenvalue weighted by Gasteiger charge is -2.23. The standard InChI is InChI=1S/C10H12N2O.C2H8N2/c13-10-9(11-6-7-12-10)8-4-2-1-3-5-8;3-1-2-4/h1-5,9,11H,6-7H2,(H,12,13);1-4H2. The van der Waals surface area contributed by atoms with Crippen molar-refractivity contribution in [3.05, 3.63) is 35.9 Å². The summed E-state index contributed by atoms with van der Waals surface area (Å²) in [5, 5.41) is 6.00. The van der Waals surface area contributed by atoms with Crippen LogP contribution in [0.25, 0.3) is 0 Å². The SMILES string of the molecule is NCCN.O=C1NCCNC1c1ccccc1. The van der Waals surface area contributed by atoms with E-state index in [1.54, 1.807) is 0 Å². The number of rotatable bonds is 2. The Labute approximate surface area is 102 Å². The summed E-state index contributed by atoms with van der Waals surface area (Å²) < 4.78 is 0. The van der Waals surface area contributed by atoms with Gasteiger partial charge in [-0.3, -0.25) is 4.79 Å². The molecule has 1 amide bonds. The quantitative estimate of drug-likeness (QED) is 0.549. The minimum Gasteiger partial charge on any atom is -0.353 e. The van der Waals surface area contributed by atoms with Gasteiger partial charge in [-0.15, -0.1) is 0 Å². The zero-order valence-corrected chi connectivity index (χ0v) is 9.86. The minimum absolute atomic E-state index is 0.0671. The van der Waals surface area contributed by atoms with Crippen LogP contribution in [0.15, 0.2) is 30.3 Å². The summed E-state index contributed by atoms with van der Waals surface area (Å²) in [5.41, 5.74) is 10.8. The van der Waals surface area contributed by atoms with Crippen molar-refractivity contribution in [1.29, 1.82) is 0 Å². The number of piperazine rings is 1. The Balaban J connectivity index is 0.000000317. The average Bonchev–Trinajstić information content (AvgIpc) is 2.41. The summed E-state index contributed by atoms with van der Waals surface area (Å²) in [5.74, 6) is 0.0671. The third-order valence-electron chi connectivity index (χ3n) is 2.33. The predicted molar refractivity (Wildman–Crippen MR) is 68.3 cm³/mol. The van der Waals surface area contributed by atoms with Crippen molar-refractivity contribution in [3.63, 3.8) is 0 Å². The summed E-state index contributed by atoms with van der Waals surface area (Å²) in [6.07, 6.45) is 0. The molecule has 17 heavy (non-hydrogen) atoms. The average molecular weight is 236 g/mol. The molecule has 0 bridgehead atoms. The minimum atomic E-state index is -0.171. The van der Waals surface area contributed by atoms with Crippen molar-refractivity contribution >= 4 is 5.91 Å². The second kappa shape index (κ2) is 7.78. The van der Waals surface area contributed by atoms with Gasteiger partial charge in [0.15, 0.2) is 0 Å². The first-order chi connectivity index (χ1) is 8.29. The van der Waals surface area contributed by atoms with E-state index >= 15 is 0 Å². The zero-order chi connectivity index (χ0) is 12.5. The maximum absolute atomic E-state index is 11.4. The van der Waals surface area contributed by atoms with Crippen LogP contribution < -0.4 is 22.1 Å². The van der Waals surface area contributed by atoms with E-state index in [1.807, 2.05) is 30.3 Å². The maximum atomic E-state index is 11.4. The molecule has 0 aliphatic carbocycles. The van der Waals surface area contributed by atoms with Gasteiger partial charge in [-0.25, -0.2) is 0 Å². The van der Waals surface area contributed by atoms with Crippen LogP contribution in [-0.4, -0.2) is 32.1 Å². The van der Waals surface area contributed by atoms with Gasteiger partial charge < -0.3 is 22.1 Å². The highest BCUT2D eigenvalue weighted by Crippen LogP contribution is 2.13. The van der Waals surface area contributed by atoms with E-state index < -0.39 is 0 Å². The van der Waals surface area contributed by atoms with Crippen LogP contribution in [-0.2, 0) is 4.79 Å². The Kier molecular flexibility index (Phi) is 6.24. The number of carbonyl (C=O) groups is 1. The number of hydrogen-bond acceptors (Lipinski definition) is 4. The molecular formula is C12H20N4O. The van der Waals surface area contributed by atoms with Gasteiger partial charge in [-0.05, 0) is 5.56 Å². The van der Waals surface area contributed by atoms with Crippen LogP contribution in [0.2, 0.25) is 0 Å². The molecule has 5 nitrogen and oxygen atoms in total. The van der Waals surface area contributed by atoms with Crippen LogP contribution in [0.3, 0.4) is 0 Å². The Morgan fingerprint density at radius 2 is 1.76 bits per heavy atom.